The summed E-state index contributed by atoms with van der Waals surface area (Å²) >= 11 is 0. The van der Waals surface area contributed by atoms with E-state index in [9.17, 15) is 29.7 Å². The van der Waals surface area contributed by atoms with Crippen LogP contribution in [0.2, 0.25) is 0 Å². The van der Waals surface area contributed by atoms with Crippen LogP contribution in [0.4, 0.5) is 0 Å². The number of aliphatic carboxylic acids is 3. The molecule has 10 heteroatoms. The van der Waals surface area contributed by atoms with E-state index in [1.54, 1.807) is 0 Å². The van der Waals surface area contributed by atoms with Crippen molar-refractivity contribution in [1.29, 1.82) is 0 Å². The maximum atomic E-state index is 9.34. The van der Waals surface area contributed by atoms with E-state index in [0.29, 0.717) is 0 Å². The Morgan fingerprint density at radius 2 is 0.737 bits per heavy atom. The Morgan fingerprint density at radius 3 is 0.737 bits per heavy atom. The van der Waals surface area contributed by atoms with Gasteiger partial charge in [0.2, 0.25) is 0 Å². The van der Waals surface area contributed by atoms with Gasteiger partial charge in [-0.2, -0.15) is 0 Å². The van der Waals surface area contributed by atoms with Gasteiger partial charge in [0, 0.05) is 0 Å². The molecular formula is C9H15O9Zr. The van der Waals surface area contributed by atoms with Crippen molar-refractivity contribution in [3.8, 4) is 0 Å². The number of aliphatic hydroxyl groups is 3. The standard InChI is InChI=1S/3C3H6O3.Zr/c3*1-2(4)3(5)6;/h3*2,4H,1H3,(H,5,6);/q;;;+3/p-3. The first-order valence-corrected chi connectivity index (χ1v) is 4.60. The maximum Gasteiger partial charge on any atom is 3.00 e. The van der Waals surface area contributed by atoms with Crippen LogP contribution in [0.3, 0.4) is 0 Å². The first-order valence-electron chi connectivity index (χ1n) is 4.60. The number of hydrogen-bond acceptors (Lipinski definition) is 9. The molecule has 0 saturated carbocycles. The van der Waals surface area contributed by atoms with Gasteiger partial charge in [0.25, 0.3) is 0 Å². The predicted molar refractivity (Wildman–Crippen MR) is 50.1 cm³/mol. The Bertz CT molecular complexity index is 220. The Kier molecular flexibility index (Phi) is 21.4. The second-order valence-corrected chi connectivity index (χ2v) is 2.99. The third-order valence-corrected chi connectivity index (χ3v) is 1.02. The zero-order chi connectivity index (χ0) is 15.5. The summed E-state index contributed by atoms with van der Waals surface area (Å²) in [5.41, 5.74) is 0. The number of carboxylic acid groups (broad SMARTS) is 3. The molecule has 3 N–H and O–H groups in total. The summed E-state index contributed by atoms with van der Waals surface area (Å²) in [6.45, 7) is 3.40. The number of carboxylic acids is 3. The molecule has 0 saturated heterocycles. The monoisotopic (exact) mass is 357 g/mol. The van der Waals surface area contributed by atoms with Crippen LogP contribution in [-0.4, -0.2) is 51.5 Å². The third kappa shape index (κ3) is 31.7. The van der Waals surface area contributed by atoms with Crippen LogP contribution in [0.25, 0.3) is 0 Å². The van der Waals surface area contributed by atoms with E-state index in [0.717, 1.165) is 20.8 Å². The van der Waals surface area contributed by atoms with Crippen LogP contribution < -0.4 is 15.3 Å². The number of rotatable bonds is 3. The minimum absolute atomic E-state index is 0. The van der Waals surface area contributed by atoms with Crippen LogP contribution in [0, 0.1) is 0 Å². The number of hydrogen-bond donors (Lipinski definition) is 3. The van der Waals surface area contributed by atoms with E-state index in [4.69, 9.17) is 15.3 Å². The molecule has 0 heterocycles. The summed E-state index contributed by atoms with van der Waals surface area (Å²) in [5, 5.41) is 51.9. The molecule has 0 fully saturated rings. The fourth-order valence-corrected chi connectivity index (χ4v) is 0. The first kappa shape index (κ1) is 26.7. The fourth-order valence-electron chi connectivity index (χ4n) is 0. The van der Waals surface area contributed by atoms with Crippen LogP contribution in [0.5, 0.6) is 0 Å². The molecule has 1 radical (unpaired) electrons. The zero-order valence-corrected chi connectivity index (χ0v) is 13.0. The van der Waals surface area contributed by atoms with E-state index in [1.165, 1.54) is 0 Å². The summed E-state index contributed by atoms with van der Waals surface area (Å²) in [6.07, 6.45) is -4.03. The Morgan fingerprint density at radius 1 is 0.684 bits per heavy atom. The quantitative estimate of drug-likeness (QED) is 0.443. The third-order valence-electron chi connectivity index (χ3n) is 1.02. The van der Waals surface area contributed by atoms with Crippen LogP contribution in [0.1, 0.15) is 20.8 Å². The molecule has 0 aromatic heterocycles. The minimum atomic E-state index is -1.44. The second-order valence-electron chi connectivity index (χ2n) is 2.99. The summed E-state index contributed by atoms with van der Waals surface area (Å²) < 4.78 is 0. The Labute approximate surface area is 128 Å². The second kappa shape index (κ2) is 15.2. The van der Waals surface area contributed by atoms with Crippen molar-refractivity contribution in [2.24, 2.45) is 0 Å². The molecule has 0 aromatic rings. The van der Waals surface area contributed by atoms with Gasteiger partial charge < -0.3 is 45.0 Å². The average Bonchev–Trinajstić information content (AvgIpc) is 2.18. The molecule has 3 atom stereocenters. The maximum absolute atomic E-state index is 9.34. The molecule has 0 aliphatic heterocycles. The average molecular weight is 358 g/mol. The minimum Gasteiger partial charge on any atom is -0.547 e. The molecule has 0 aliphatic carbocycles. The van der Waals surface area contributed by atoms with E-state index in [1.807, 2.05) is 0 Å². The smallest absolute Gasteiger partial charge is 0.547 e. The molecule has 0 amide bonds. The molecule has 19 heavy (non-hydrogen) atoms. The predicted octanol–water partition coefficient (Wildman–Crippen LogP) is -5.65. The van der Waals surface area contributed by atoms with Crippen molar-refractivity contribution in [3.63, 3.8) is 0 Å². The van der Waals surface area contributed by atoms with Gasteiger partial charge in [0.15, 0.2) is 0 Å². The van der Waals surface area contributed by atoms with Crippen LogP contribution in [-0.2, 0) is 40.6 Å². The summed E-state index contributed by atoms with van der Waals surface area (Å²) in [5.74, 6) is -4.31. The summed E-state index contributed by atoms with van der Waals surface area (Å²) in [6, 6.07) is 0. The molecule has 0 spiro atoms. The molecule has 0 bridgehead atoms. The molecular weight excluding hydrogens is 343 g/mol. The largest absolute Gasteiger partial charge is 3.00 e. The van der Waals surface area contributed by atoms with E-state index in [-0.39, 0.29) is 26.2 Å². The van der Waals surface area contributed by atoms with E-state index >= 15 is 0 Å². The van der Waals surface area contributed by atoms with E-state index in [2.05, 4.69) is 0 Å². The van der Waals surface area contributed by atoms with Crippen LogP contribution in [0.15, 0.2) is 0 Å². The molecule has 0 rings (SSSR count). The van der Waals surface area contributed by atoms with Crippen molar-refractivity contribution in [2.45, 2.75) is 39.1 Å². The van der Waals surface area contributed by atoms with Gasteiger partial charge in [0.1, 0.15) is 0 Å². The number of aliphatic hydroxyl groups excluding tert-OH is 3. The van der Waals surface area contributed by atoms with Crippen molar-refractivity contribution in [2.75, 3.05) is 0 Å². The molecule has 109 valence electrons. The van der Waals surface area contributed by atoms with Crippen molar-refractivity contribution < 1.29 is 71.2 Å². The SMILES string of the molecule is CC(O)C(=O)[O-].CC(O)C(=O)[O-].CC(O)C(=O)[O-].[Zr+3]. The van der Waals surface area contributed by atoms with Gasteiger partial charge in [-0.25, -0.2) is 0 Å². The Balaban J connectivity index is -0.0000000865. The van der Waals surface area contributed by atoms with Crippen molar-refractivity contribution in [1.82, 2.24) is 0 Å². The summed E-state index contributed by atoms with van der Waals surface area (Å²) in [4.78, 5) is 28.0. The molecule has 3 unspecified atom stereocenters. The van der Waals surface area contributed by atoms with E-state index < -0.39 is 36.2 Å². The van der Waals surface area contributed by atoms with Crippen molar-refractivity contribution >= 4 is 17.9 Å². The zero-order valence-electron chi connectivity index (χ0n) is 10.5. The summed E-state index contributed by atoms with van der Waals surface area (Å²) in [7, 11) is 0. The van der Waals surface area contributed by atoms with Gasteiger partial charge in [-0.05, 0) is 20.8 Å². The fraction of sp³-hybridized carbons (Fsp3) is 0.667. The van der Waals surface area contributed by atoms with Gasteiger partial charge in [0.05, 0.1) is 36.2 Å². The normalized spacial score (nSPS) is 12.9. The topological polar surface area (TPSA) is 181 Å². The molecule has 0 aliphatic rings. The van der Waals surface area contributed by atoms with Crippen molar-refractivity contribution in [3.05, 3.63) is 0 Å². The Hall–Kier alpha value is -0.827. The van der Waals surface area contributed by atoms with Crippen LogP contribution >= 0.6 is 0 Å². The molecule has 9 nitrogen and oxygen atoms in total. The molecule has 0 aromatic carbocycles. The van der Waals surface area contributed by atoms with Gasteiger partial charge >= 0.3 is 26.2 Å². The first-order chi connectivity index (χ1) is 7.93. The van der Waals surface area contributed by atoms with Gasteiger partial charge in [-0.3, -0.25) is 0 Å². The number of carbonyl (C=O) groups excluding carboxylic acids is 3. The van der Waals surface area contributed by atoms with Gasteiger partial charge in [-0.15, -0.1) is 0 Å². The van der Waals surface area contributed by atoms with Gasteiger partial charge in [-0.1, -0.05) is 0 Å². The number of carbonyl (C=O) groups is 3.